The van der Waals surface area contributed by atoms with Crippen molar-refractivity contribution >= 4 is 11.8 Å². The summed E-state index contributed by atoms with van der Waals surface area (Å²) in [4.78, 5) is 2.33. The molecule has 2 unspecified atom stereocenters. The van der Waals surface area contributed by atoms with Crippen molar-refractivity contribution in [1.29, 1.82) is 0 Å². The molecular weight excluding hydrogens is 196 g/mol. The first-order valence-electron chi connectivity index (χ1n) is 5.25. The first-order chi connectivity index (χ1) is 6.72. The van der Waals surface area contributed by atoms with E-state index in [1.165, 1.54) is 5.75 Å². The highest BCUT2D eigenvalue weighted by Gasteiger charge is 2.17. The summed E-state index contributed by atoms with van der Waals surface area (Å²) in [7, 11) is 2.15. The first-order valence-corrected chi connectivity index (χ1v) is 6.64. The summed E-state index contributed by atoms with van der Waals surface area (Å²) in [6, 6.07) is 0.584. The number of nitrogens with one attached hydrogen (secondary N) is 1. The van der Waals surface area contributed by atoms with Crippen LogP contribution in [0.1, 0.15) is 6.92 Å². The molecule has 1 heterocycles. The molecule has 1 rings (SSSR count). The summed E-state index contributed by atoms with van der Waals surface area (Å²) in [6.45, 7) is 6.20. The molecule has 14 heavy (non-hydrogen) atoms. The summed E-state index contributed by atoms with van der Waals surface area (Å²) < 4.78 is 5.67. The highest BCUT2D eigenvalue weighted by Crippen LogP contribution is 2.03. The molecule has 0 aromatic heterocycles. The van der Waals surface area contributed by atoms with Crippen LogP contribution in [0.5, 0.6) is 0 Å². The van der Waals surface area contributed by atoms with E-state index >= 15 is 0 Å². The monoisotopic (exact) mass is 218 g/mol. The van der Waals surface area contributed by atoms with Crippen LogP contribution in [0.3, 0.4) is 0 Å². The van der Waals surface area contributed by atoms with E-state index < -0.39 is 0 Å². The van der Waals surface area contributed by atoms with Gasteiger partial charge in [0.05, 0.1) is 12.7 Å². The number of rotatable bonds is 5. The zero-order valence-electron chi connectivity index (χ0n) is 9.45. The van der Waals surface area contributed by atoms with Gasteiger partial charge in [0.1, 0.15) is 0 Å². The molecule has 1 saturated heterocycles. The summed E-state index contributed by atoms with van der Waals surface area (Å²) >= 11 is 1.88. The predicted molar refractivity (Wildman–Crippen MR) is 63.1 cm³/mol. The van der Waals surface area contributed by atoms with Gasteiger partial charge in [-0.05, 0) is 20.2 Å². The Morgan fingerprint density at radius 1 is 1.64 bits per heavy atom. The fourth-order valence-electron chi connectivity index (χ4n) is 1.63. The molecule has 1 fully saturated rings. The Morgan fingerprint density at radius 2 is 2.43 bits per heavy atom. The van der Waals surface area contributed by atoms with Crippen molar-refractivity contribution < 1.29 is 4.74 Å². The minimum absolute atomic E-state index is 0.373. The lowest BCUT2D eigenvalue weighted by Gasteiger charge is -2.30. The molecule has 0 aromatic rings. The Kier molecular flexibility index (Phi) is 5.86. The van der Waals surface area contributed by atoms with Gasteiger partial charge < -0.3 is 15.0 Å². The third kappa shape index (κ3) is 4.64. The Balaban J connectivity index is 2.10. The van der Waals surface area contributed by atoms with E-state index in [1.807, 2.05) is 11.8 Å². The quantitative estimate of drug-likeness (QED) is 0.732. The van der Waals surface area contributed by atoms with Crippen LogP contribution >= 0.6 is 11.8 Å². The van der Waals surface area contributed by atoms with Crippen LogP contribution in [0.15, 0.2) is 0 Å². The Hall–Kier alpha value is 0.230. The van der Waals surface area contributed by atoms with Gasteiger partial charge >= 0.3 is 0 Å². The van der Waals surface area contributed by atoms with Gasteiger partial charge in [0.2, 0.25) is 0 Å². The normalized spacial score (nSPS) is 26.4. The van der Waals surface area contributed by atoms with E-state index in [9.17, 15) is 0 Å². The van der Waals surface area contributed by atoms with Gasteiger partial charge in [0.25, 0.3) is 0 Å². The number of ether oxygens (including phenoxy) is 1. The van der Waals surface area contributed by atoms with E-state index in [0.29, 0.717) is 12.1 Å². The van der Waals surface area contributed by atoms with E-state index in [1.54, 1.807) is 0 Å². The molecule has 2 atom stereocenters. The zero-order chi connectivity index (χ0) is 10.4. The fraction of sp³-hybridized carbons (Fsp3) is 1.00. The lowest BCUT2D eigenvalue weighted by atomic mass is 10.2. The highest BCUT2D eigenvalue weighted by atomic mass is 32.2. The van der Waals surface area contributed by atoms with Crippen molar-refractivity contribution in [3.63, 3.8) is 0 Å². The van der Waals surface area contributed by atoms with Crippen molar-refractivity contribution in [3.05, 3.63) is 0 Å². The molecule has 0 radical (unpaired) electrons. The van der Waals surface area contributed by atoms with Gasteiger partial charge in [-0.25, -0.2) is 0 Å². The third-order valence-corrected chi connectivity index (χ3v) is 3.29. The molecule has 0 spiro atoms. The van der Waals surface area contributed by atoms with Crippen molar-refractivity contribution in [2.24, 2.45) is 0 Å². The second-order valence-electron chi connectivity index (χ2n) is 4.02. The molecule has 3 nitrogen and oxygen atoms in total. The van der Waals surface area contributed by atoms with Crippen molar-refractivity contribution in [1.82, 2.24) is 10.2 Å². The highest BCUT2D eigenvalue weighted by molar-refractivity contribution is 7.98. The number of likely N-dealkylation sites (N-methyl/N-ethyl adjacent to an activating group) is 1. The number of morpholine rings is 1. The van der Waals surface area contributed by atoms with Gasteiger partial charge in [0.15, 0.2) is 0 Å². The van der Waals surface area contributed by atoms with E-state index in [0.717, 1.165) is 26.2 Å². The van der Waals surface area contributed by atoms with Crippen LogP contribution in [-0.2, 0) is 4.74 Å². The Labute approximate surface area is 91.6 Å². The maximum absolute atomic E-state index is 5.67. The van der Waals surface area contributed by atoms with Crippen LogP contribution < -0.4 is 5.32 Å². The molecule has 1 N–H and O–H groups in total. The minimum Gasteiger partial charge on any atom is -0.374 e. The predicted octanol–water partition coefficient (Wildman–Crippen LogP) is 0.658. The lowest BCUT2D eigenvalue weighted by molar-refractivity contribution is -0.0188. The smallest absolute Gasteiger partial charge is 0.0826 e. The number of thioether (sulfide) groups is 1. The van der Waals surface area contributed by atoms with Crippen molar-refractivity contribution in [2.75, 3.05) is 45.3 Å². The van der Waals surface area contributed by atoms with Crippen LogP contribution in [-0.4, -0.2) is 62.3 Å². The average molecular weight is 218 g/mol. The second kappa shape index (κ2) is 6.67. The number of nitrogens with zero attached hydrogens (tertiary/aromatic N) is 1. The van der Waals surface area contributed by atoms with Gasteiger partial charge in [-0.2, -0.15) is 11.8 Å². The molecular formula is C10H22N2OS. The van der Waals surface area contributed by atoms with Crippen LogP contribution in [0.25, 0.3) is 0 Å². The maximum atomic E-state index is 5.67. The number of hydrogen-bond acceptors (Lipinski definition) is 4. The molecule has 0 aromatic carbocycles. The van der Waals surface area contributed by atoms with E-state index in [4.69, 9.17) is 4.74 Å². The molecule has 0 amide bonds. The summed E-state index contributed by atoms with van der Waals surface area (Å²) in [5, 5.41) is 3.50. The summed E-state index contributed by atoms with van der Waals surface area (Å²) in [6.07, 6.45) is 2.52. The van der Waals surface area contributed by atoms with E-state index in [-0.39, 0.29) is 0 Å². The third-order valence-electron chi connectivity index (χ3n) is 2.45. The van der Waals surface area contributed by atoms with Crippen LogP contribution in [0, 0.1) is 0 Å². The SMILES string of the molecule is CSCC(C)NCC1CN(C)CCO1. The van der Waals surface area contributed by atoms with Crippen molar-refractivity contribution in [2.45, 2.75) is 19.1 Å². The molecule has 0 saturated carbocycles. The largest absolute Gasteiger partial charge is 0.374 e. The second-order valence-corrected chi connectivity index (χ2v) is 4.93. The molecule has 1 aliphatic heterocycles. The van der Waals surface area contributed by atoms with Crippen molar-refractivity contribution in [3.8, 4) is 0 Å². The Bertz CT molecular complexity index is 157. The molecule has 1 aliphatic rings. The Morgan fingerprint density at radius 3 is 3.07 bits per heavy atom. The number of hydrogen-bond donors (Lipinski definition) is 1. The fourth-order valence-corrected chi connectivity index (χ4v) is 2.25. The van der Waals surface area contributed by atoms with Crippen LogP contribution in [0.4, 0.5) is 0 Å². The van der Waals surface area contributed by atoms with Crippen LogP contribution in [0.2, 0.25) is 0 Å². The minimum atomic E-state index is 0.373. The van der Waals surface area contributed by atoms with Gasteiger partial charge in [0, 0.05) is 31.4 Å². The molecule has 4 heteroatoms. The van der Waals surface area contributed by atoms with Gasteiger partial charge in [-0.1, -0.05) is 0 Å². The molecule has 84 valence electrons. The first kappa shape index (κ1) is 12.3. The standard InChI is InChI=1S/C10H22N2OS/c1-9(8-14-3)11-6-10-7-12(2)4-5-13-10/h9-11H,4-8H2,1-3H3. The molecule has 0 bridgehead atoms. The van der Waals surface area contributed by atoms with Gasteiger partial charge in [-0.3, -0.25) is 0 Å². The average Bonchev–Trinajstić information content (AvgIpc) is 2.15. The van der Waals surface area contributed by atoms with E-state index in [2.05, 4.69) is 30.4 Å². The molecule has 0 aliphatic carbocycles. The summed E-state index contributed by atoms with van der Waals surface area (Å²) in [5.74, 6) is 1.17. The lowest BCUT2D eigenvalue weighted by Crippen LogP contribution is -2.46. The zero-order valence-corrected chi connectivity index (χ0v) is 10.3. The summed E-state index contributed by atoms with van der Waals surface area (Å²) in [5.41, 5.74) is 0. The van der Waals surface area contributed by atoms with Gasteiger partial charge in [-0.15, -0.1) is 0 Å². The maximum Gasteiger partial charge on any atom is 0.0826 e. The topological polar surface area (TPSA) is 24.5 Å².